The van der Waals surface area contributed by atoms with E-state index in [2.05, 4.69) is 20.8 Å². The van der Waals surface area contributed by atoms with Gasteiger partial charge < -0.3 is 10.2 Å². The average molecular weight is 174 g/mol. The Kier molecular flexibility index (Phi) is 6.39. The topological polar surface area (TPSA) is 40.5 Å². The summed E-state index contributed by atoms with van der Waals surface area (Å²) in [6.45, 7) is 6.70. The third-order valence-electron chi connectivity index (χ3n) is 2.57. The second-order valence-electron chi connectivity index (χ2n) is 3.82. The second-order valence-corrected chi connectivity index (χ2v) is 3.82. The fourth-order valence-electron chi connectivity index (χ4n) is 1.72. The van der Waals surface area contributed by atoms with Crippen molar-refractivity contribution in [3.8, 4) is 0 Å². The van der Waals surface area contributed by atoms with Gasteiger partial charge in [-0.3, -0.25) is 0 Å². The van der Waals surface area contributed by atoms with Crippen LogP contribution in [0.5, 0.6) is 0 Å². The fraction of sp³-hybridized carbons (Fsp3) is 1.00. The van der Waals surface area contributed by atoms with Crippen LogP contribution in [-0.2, 0) is 0 Å². The van der Waals surface area contributed by atoms with Crippen molar-refractivity contribution in [2.75, 3.05) is 13.2 Å². The largest absolute Gasteiger partial charge is 0.396 e. The van der Waals surface area contributed by atoms with E-state index < -0.39 is 0 Å². The van der Waals surface area contributed by atoms with Gasteiger partial charge in [0.15, 0.2) is 0 Å². The number of hydrogen-bond acceptors (Lipinski definition) is 2. The molecule has 0 aromatic rings. The van der Waals surface area contributed by atoms with Crippen LogP contribution in [0, 0.1) is 17.8 Å². The maximum Gasteiger partial charge on any atom is 0.0465 e. The van der Waals surface area contributed by atoms with E-state index in [1.165, 1.54) is 0 Å². The molecule has 2 atom stereocenters. The maximum absolute atomic E-state index is 9.11. The first-order chi connectivity index (χ1) is 5.67. The molecule has 0 saturated carbocycles. The van der Waals surface area contributed by atoms with E-state index in [9.17, 15) is 0 Å². The monoisotopic (exact) mass is 174 g/mol. The molecule has 12 heavy (non-hydrogen) atoms. The van der Waals surface area contributed by atoms with Gasteiger partial charge in [0.2, 0.25) is 0 Å². The standard InChI is InChI=1S/C10H22O2/c1-4-5-9(6-11)10(7-12)8(2)3/h8-12H,4-7H2,1-3H3. The number of rotatable bonds is 6. The van der Waals surface area contributed by atoms with Gasteiger partial charge in [-0.2, -0.15) is 0 Å². The van der Waals surface area contributed by atoms with Crippen LogP contribution in [0.25, 0.3) is 0 Å². The third kappa shape index (κ3) is 3.55. The highest BCUT2D eigenvalue weighted by atomic mass is 16.3. The van der Waals surface area contributed by atoms with E-state index in [0.29, 0.717) is 5.92 Å². The Bertz CT molecular complexity index is 102. The van der Waals surface area contributed by atoms with Crippen molar-refractivity contribution >= 4 is 0 Å². The Labute approximate surface area is 75.6 Å². The minimum Gasteiger partial charge on any atom is -0.396 e. The molecule has 0 aromatic carbocycles. The second kappa shape index (κ2) is 6.44. The molecule has 0 aliphatic heterocycles. The lowest BCUT2D eigenvalue weighted by Gasteiger charge is -2.26. The first-order valence-electron chi connectivity index (χ1n) is 4.89. The smallest absolute Gasteiger partial charge is 0.0465 e. The molecule has 0 fully saturated rings. The van der Waals surface area contributed by atoms with Crippen molar-refractivity contribution in [3.05, 3.63) is 0 Å². The van der Waals surface area contributed by atoms with Crippen LogP contribution in [0.15, 0.2) is 0 Å². The fourth-order valence-corrected chi connectivity index (χ4v) is 1.72. The molecule has 0 rings (SSSR count). The van der Waals surface area contributed by atoms with E-state index in [1.54, 1.807) is 0 Å². The summed E-state index contributed by atoms with van der Waals surface area (Å²) in [5.74, 6) is 0.994. The summed E-state index contributed by atoms with van der Waals surface area (Å²) >= 11 is 0. The molecule has 0 amide bonds. The Hall–Kier alpha value is -0.0800. The Morgan fingerprint density at radius 1 is 1.08 bits per heavy atom. The van der Waals surface area contributed by atoms with Crippen molar-refractivity contribution in [2.45, 2.75) is 33.6 Å². The van der Waals surface area contributed by atoms with Gasteiger partial charge >= 0.3 is 0 Å². The number of hydrogen-bond donors (Lipinski definition) is 2. The molecule has 2 unspecified atom stereocenters. The van der Waals surface area contributed by atoms with E-state index in [0.717, 1.165) is 12.8 Å². The molecule has 0 saturated heterocycles. The summed E-state index contributed by atoms with van der Waals surface area (Å²) in [6, 6.07) is 0. The maximum atomic E-state index is 9.11. The SMILES string of the molecule is CCCC(CO)C(CO)C(C)C. The van der Waals surface area contributed by atoms with Gasteiger partial charge in [-0.15, -0.1) is 0 Å². The molecule has 0 radical (unpaired) electrons. The minimum absolute atomic E-state index is 0.197. The summed E-state index contributed by atoms with van der Waals surface area (Å²) in [4.78, 5) is 0. The van der Waals surface area contributed by atoms with Crippen LogP contribution in [0.3, 0.4) is 0 Å². The van der Waals surface area contributed by atoms with Gasteiger partial charge in [-0.25, -0.2) is 0 Å². The molecule has 0 aliphatic carbocycles. The Balaban J connectivity index is 4.02. The quantitative estimate of drug-likeness (QED) is 0.643. The normalized spacial score (nSPS) is 16.5. The van der Waals surface area contributed by atoms with E-state index in [-0.39, 0.29) is 25.0 Å². The molecule has 2 N–H and O–H groups in total. The first-order valence-corrected chi connectivity index (χ1v) is 4.89. The van der Waals surface area contributed by atoms with Crippen LogP contribution >= 0.6 is 0 Å². The molecule has 74 valence electrons. The van der Waals surface area contributed by atoms with E-state index >= 15 is 0 Å². The zero-order valence-corrected chi connectivity index (χ0v) is 8.45. The van der Waals surface area contributed by atoms with Gasteiger partial charge in [-0.05, 0) is 24.2 Å². The zero-order valence-electron chi connectivity index (χ0n) is 8.45. The van der Waals surface area contributed by atoms with Gasteiger partial charge in [0, 0.05) is 13.2 Å². The van der Waals surface area contributed by atoms with Crippen LogP contribution in [0.2, 0.25) is 0 Å². The minimum atomic E-state index is 0.197. The van der Waals surface area contributed by atoms with Crippen molar-refractivity contribution in [3.63, 3.8) is 0 Å². The Morgan fingerprint density at radius 3 is 1.92 bits per heavy atom. The van der Waals surface area contributed by atoms with Crippen molar-refractivity contribution in [1.29, 1.82) is 0 Å². The molecule has 0 heterocycles. The van der Waals surface area contributed by atoms with Gasteiger partial charge in [0.1, 0.15) is 0 Å². The van der Waals surface area contributed by atoms with Gasteiger partial charge in [-0.1, -0.05) is 27.2 Å². The van der Waals surface area contributed by atoms with Crippen LogP contribution in [-0.4, -0.2) is 23.4 Å². The average Bonchev–Trinajstić information content (AvgIpc) is 2.03. The number of aliphatic hydroxyl groups is 2. The molecule has 0 bridgehead atoms. The lowest BCUT2D eigenvalue weighted by molar-refractivity contribution is 0.0845. The summed E-state index contributed by atoms with van der Waals surface area (Å²) < 4.78 is 0. The summed E-state index contributed by atoms with van der Waals surface area (Å²) in [5, 5.41) is 18.2. The molecular weight excluding hydrogens is 152 g/mol. The molecule has 0 spiro atoms. The van der Waals surface area contributed by atoms with Crippen molar-refractivity contribution in [1.82, 2.24) is 0 Å². The molecule has 0 aromatic heterocycles. The highest BCUT2D eigenvalue weighted by molar-refractivity contribution is 4.71. The predicted octanol–water partition coefficient (Wildman–Crippen LogP) is 1.66. The first kappa shape index (κ1) is 11.9. The van der Waals surface area contributed by atoms with Crippen LogP contribution in [0.4, 0.5) is 0 Å². The number of aliphatic hydroxyl groups excluding tert-OH is 2. The lowest BCUT2D eigenvalue weighted by atomic mass is 9.82. The highest BCUT2D eigenvalue weighted by Gasteiger charge is 2.22. The molecule has 2 heteroatoms. The highest BCUT2D eigenvalue weighted by Crippen LogP contribution is 2.23. The molecular formula is C10H22O2. The molecule has 2 nitrogen and oxygen atoms in total. The summed E-state index contributed by atoms with van der Waals surface area (Å²) in [7, 11) is 0. The van der Waals surface area contributed by atoms with Crippen LogP contribution in [0.1, 0.15) is 33.6 Å². The van der Waals surface area contributed by atoms with Crippen LogP contribution < -0.4 is 0 Å². The van der Waals surface area contributed by atoms with Crippen molar-refractivity contribution in [2.24, 2.45) is 17.8 Å². The summed E-state index contributed by atoms with van der Waals surface area (Å²) in [6.07, 6.45) is 2.09. The summed E-state index contributed by atoms with van der Waals surface area (Å²) in [5.41, 5.74) is 0. The lowest BCUT2D eigenvalue weighted by Crippen LogP contribution is -2.26. The predicted molar refractivity (Wildman–Crippen MR) is 50.9 cm³/mol. The van der Waals surface area contributed by atoms with E-state index in [1.807, 2.05) is 0 Å². The van der Waals surface area contributed by atoms with Gasteiger partial charge in [0.25, 0.3) is 0 Å². The van der Waals surface area contributed by atoms with Gasteiger partial charge in [0.05, 0.1) is 0 Å². The zero-order chi connectivity index (χ0) is 9.56. The Morgan fingerprint density at radius 2 is 1.67 bits per heavy atom. The van der Waals surface area contributed by atoms with Crippen molar-refractivity contribution < 1.29 is 10.2 Å². The molecule has 0 aliphatic rings. The third-order valence-corrected chi connectivity index (χ3v) is 2.57. The van der Waals surface area contributed by atoms with E-state index in [4.69, 9.17) is 10.2 Å².